The van der Waals surface area contributed by atoms with E-state index in [2.05, 4.69) is 15.8 Å². The molecule has 3 aromatic rings. The number of carboxylic acid groups (broad SMARTS) is 1. The summed E-state index contributed by atoms with van der Waals surface area (Å²) in [5.41, 5.74) is 3.22. The van der Waals surface area contributed by atoms with Gasteiger partial charge in [0, 0.05) is 16.6 Å². The molecule has 0 spiro atoms. The molecule has 0 heterocycles. The fourth-order valence-corrected chi connectivity index (χ4v) is 3.17. The number of nitrogens with zero attached hydrogens (tertiary/aromatic N) is 1. The smallest absolute Gasteiger partial charge is 0.262 e. The Labute approximate surface area is 179 Å². The van der Waals surface area contributed by atoms with Gasteiger partial charge in [0.1, 0.15) is 6.04 Å². The van der Waals surface area contributed by atoms with Crippen molar-refractivity contribution in [2.45, 2.75) is 13.0 Å². The summed E-state index contributed by atoms with van der Waals surface area (Å²) in [6, 6.07) is 16.1. The van der Waals surface area contributed by atoms with E-state index in [1.807, 2.05) is 42.5 Å². The van der Waals surface area contributed by atoms with Crippen molar-refractivity contribution in [3.63, 3.8) is 0 Å². The van der Waals surface area contributed by atoms with E-state index in [-0.39, 0.29) is 28.5 Å². The zero-order chi connectivity index (χ0) is 22.4. The van der Waals surface area contributed by atoms with Gasteiger partial charge in [-0.25, -0.2) is 5.43 Å². The Morgan fingerprint density at radius 3 is 2.48 bits per heavy atom. The van der Waals surface area contributed by atoms with Gasteiger partial charge in [-0.05, 0) is 30.5 Å². The van der Waals surface area contributed by atoms with E-state index in [0.717, 1.165) is 16.5 Å². The number of carbonyl (C=O) groups excluding carboxylic acids is 2. The summed E-state index contributed by atoms with van der Waals surface area (Å²) in [5, 5.41) is 20.7. The largest absolute Gasteiger partial charge is 0.545 e. The molecule has 0 aliphatic heterocycles. The van der Waals surface area contributed by atoms with E-state index in [4.69, 9.17) is 9.47 Å². The van der Waals surface area contributed by atoms with Gasteiger partial charge in [0.25, 0.3) is 5.91 Å². The van der Waals surface area contributed by atoms with Crippen LogP contribution in [0.25, 0.3) is 10.8 Å². The van der Waals surface area contributed by atoms with Gasteiger partial charge < -0.3 is 24.7 Å². The average Bonchev–Trinajstić information content (AvgIpc) is 2.78. The zero-order valence-corrected chi connectivity index (χ0v) is 17.3. The Morgan fingerprint density at radius 2 is 1.77 bits per heavy atom. The summed E-state index contributed by atoms with van der Waals surface area (Å²) in [6.45, 7) is 1.70. The summed E-state index contributed by atoms with van der Waals surface area (Å²) in [4.78, 5) is 24.0. The van der Waals surface area contributed by atoms with Crippen LogP contribution in [0.2, 0.25) is 0 Å². The molecule has 0 aromatic heterocycles. The molecule has 3 aromatic carbocycles. The van der Waals surface area contributed by atoms with E-state index in [1.54, 1.807) is 13.0 Å². The second-order valence-electron chi connectivity index (χ2n) is 6.68. The third kappa shape index (κ3) is 4.75. The van der Waals surface area contributed by atoms with Crippen LogP contribution in [0.15, 0.2) is 59.7 Å². The monoisotopic (exact) mass is 420 g/mol. The van der Waals surface area contributed by atoms with Crippen LogP contribution < -0.4 is 25.3 Å². The Bertz CT molecular complexity index is 1140. The van der Waals surface area contributed by atoms with Gasteiger partial charge >= 0.3 is 0 Å². The second kappa shape index (κ2) is 9.62. The molecule has 1 amide bonds. The number of aromatic carboxylic acids is 1. The maximum atomic E-state index is 12.5. The minimum atomic E-state index is -1.45. The molecule has 0 unspecified atom stereocenters. The van der Waals surface area contributed by atoms with Crippen molar-refractivity contribution in [2.75, 3.05) is 19.5 Å². The van der Waals surface area contributed by atoms with Crippen molar-refractivity contribution in [1.29, 1.82) is 0 Å². The van der Waals surface area contributed by atoms with Crippen LogP contribution in [0.1, 0.15) is 22.8 Å². The van der Waals surface area contributed by atoms with Crippen molar-refractivity contribution in [3.8, 4) is 11.5 Å². The number of hydrogen-bond donors (Lipinski definition) is 2. The quantitative estimate of drug-likeness (QED) is 0.427. The number of ether oxygens (including phenoxy) is 2. The molecule has 2 N–H and O–H groups in total. The average molecular weight is 420 g/mol. The fourth-order valence-electron chi connectivity index (χ4n) is 3.17. The Morgan fingerprint density at radius 1 is 1.03 bits per heavy atom. The lowest BCUT2D eigenvalue weighted by atomic mass is 10.1. The summed E-state index contributed by atoms with van der Waals surface area (Å²) in [7, 11) is 2.73. The van der Waals surface area contributed by atoms with Gasteiger partial charge in [-0.3, -0.25) is 4.79 Å². The molecule has 0 bridgehead atoms. The summed E-state index contributed by atoms with van der Waals surface area (Å²) in [6.07, 6.45) is 1.22. The van der Waals surface area contributed by atoms with Crippen molar-refractivity contribution in [1.82, 2.24) is 5.43 Å². The van der Waals surface area contributed by atoms with E-state index >= 15 is 0 Å². The van der Waals surface area contributed by atoms with Crippen LogP contribution in [0.3, 0.4) is 0 Å². The Hall–Kier alpha value is -4.07. The number of nitrogens with one attached hydrogen (secondary N) is 2. The third-order valence-electron chi connectivity index (χ3n) is 4.72. The highest BCUT2D eigenvalue weighted by Crippen LogP contribution is 2.32. The van der Waals surface area contributed by atoms with Crippen LogP contribution in [0, 0.1) is 0 Å². The predicted octanol–water partition coefficient (Wildman–Crippen LogP) is 2.17. The molecule has 0 radical (unpaired) electrons. The van der Waals surface area contributed by atoms with Crippen molar-refractivity contribution >= 4 is 34.6 Å². The number of benzene rings is 3. The summed E-state index contributed by atoms with van der Waals surface area (Å²) >= 11 is 0. The highest BCUT2D eigenvalue weighted by Gasteiger charge is 2.16. The summed E-state index contributed by atoms with van der Waals surface area (Å²) < 4.78 is 10.2. The Balaban J connectivity index is 1.74. The van der Waals surface area contributed by atoms with E-state index in [9.17, 15) is 14.7 Å². The Kier molecular flexibility index (Phi) is 6.71. The molecule has 0 saturated carbocycles. The third-order valence-corrected chi connectivity index (χ3v) is 4.72. The number of carbonyl (C=O) groups is 2. The van der Waals surface area contributed by atoms with Gasteiger partial charge in [-0.1, -0.05) is 36.4 Å². The van der Waals surface area contributed by atoms with Crippen LogP contribution in [-0.2, 0) is 4.79 Å². The maximum Gasteiger partial charge on any atom is 0.262 e. The molecule has 8 nitrogen and oxygen atoms in total. The molecule has 3 rings (SSSR count). The fraction of sp³-hybridized carbons (Fsp3) is 0.174. The van der Waals surface area contributed by atoms with E-state index < -0.39 is 12.0 Å². The molecular formula is C23H22N3O5-. The molecule has 0 aliphatic rings. The van der Waals surface area contributed by atoms with Crippen LogP contribution in [-0.4, -0.2) is 38.4 Å². The minimum Gasteiger partial charge on any atom is -0.545 e. The van der Waals surface area contributed by atoms with Crippen molar-refractivity contribution in [2.24, 2.45) is 5.10 Å². The molecule has 1 atom stereocenters. The van der Waals surface area contributed by atoms with Crippen molar-refractivity contribution in [3.05, 3.63) is 65.7 Å². The van der Waals surface area contributed by atoms with Crippen LogP contribution >= 0.6 is 0 Å². The number of fused-ring (bicyclic) bond motifs is 1. The lowest BCUT2D eigenvalue weighted by molar-refractivity contribution is -0.255. The first-order valence-corrected chi connectivity index (χ1v) is 9.49. The number of rotatable bonds is 8. The normalized spacial score (nSPS) is 11.8. The van der Waals surface area contributed by atoms with Gasteiger partial charge in [0.15, 0.2) is 11.5 Å². The lowest BCUT2D eigenvalue weighted by Crippen LogP contribution is -2.35. The number of methoxy groups -OCH3 is 2. The van der Waals surface area contributed by atoms with Gasteiger partial charge in [-0.15, -0.1) is 0 Å². The SMILES string of the molecule is COc1ccc(/C=N\NC(=O)[C@@H](C)Nc2cccc3ccccc23)c(C(=O)[O-])c1OC. The topological polar surface area (TPSA) is 112 Å². The number of carboxylic acids is 1. The number of anilines is 1. The molecule has 0 fully saturated rings. The highest BCUT2D eigenvalue weighted by atomic mass is 16.5. The molecular weight excluding hydrogens is 398 g/mol. The van der Waals surface area contributed by atoms with Crippen LogP contribution in [0.4, 0.5) is 5.69 Å². The minimum absolute atomic E-state index is 0.0174. The molecule has 160 valence electrons. The number of hydrogen-bond acceptors (Lipinski definition) is 7. The van der Waals surface area contributed by atoms with E-state index in [1.165, 1.54) is 26.5 Å². The first-order chi connectivity index (χ1) is 15.0. The lowest BCUT2D eigenvalue weighted by Gasteiger charge is -2.16. The summed E-state index contributed by atoms with van der Waals surface area (Å²) in [5.74, 6) is -1.58. The zero-order valence-electron chi connectivity index (χ0n) is 17.3. The molecule has 0 aliphatic carbocycles. The first kappa shape index (κ1) is 21.6. The first-order valence-electron chi connectivity index (χ1n) is 9.49. The predicted molar refractivity (Wildman–Crippen MR) is 117 cm³/mol. The van der Waals surface area contributed by atoms with E-state index in [0.29, 0.717) is 0 Å². The standard InChI is InChI=1S/C23H23N3O5/c1-14(25-18-10-6-8-15-7-4-5-9-17(15)18)22(27)26-24-13-16-11-12-19(30-2)21(31-3)20(16)23(28)29/h4-14,25H,1-3H3,(H,26,27)(H,28,29)/p-1/b24-13-/t14-/m1/s1. The van der Waals surface area contributed by atoms with Gasteiger partial charge in [0.2, 0.25) is 0 Å². The second-order valence-corrected chi connectivity index (χ2v) is 6.68. The molecule has 8 heteroatoms. The van der Waals surface area contributed by atoms with Crippen LogP contribution in [0.5, 0.6) is 11.5 Å². The van der Waals surface area contributed by atoms with Crippen molar-refractivity contribution < 1.29 is 24.2 Å². The number of amides is 1. The van der Waals surface area contributed by atoms with Gasteiger partial charge in [-0.2, -0.15) is 5.10 Å². The molecule has 31 heavy (non-hydrogen) atoms. The van der Waals surface area contributed by atoms with Gasteiger partial charge in [0.05, 0.1) is 32.0 Å². The maximum absolute atomic E-state index is 12.5. The highest BCUT2D eigenvalue weighted by molar-refractivity contribution is 6.01. The molecule has 0 saturated heterocycles. The number of hydrazone groups is 1.